The second-order valence-electron chi connectivity index (χ2n) is 7.23. The Hall–Kier alpha value is -3.12. The van der Waals surface area contributed by atoms with Gasteiger partial charge in [0.2, 0.25) is 0 Å². The Morgan fingerprint density at radius 2 is 1.87 bits per heavy atom. The Bertz CT molecular complexity index is 1150. The Kier molecular flexibility index (Phi) is 5.35. The van der Waals surface area contributed by atoms with Crippen molar-refractivity contribution >= 4 is 0 Å². The van der Waals surface area contributed by atoms with Crippen LogP contribution in [0.5, 0.6) is 0 Å². The van der Waals surface area contributed by atoms with Gasteiger partial charge in [0.25, 0.3) is 5.56 Å². The first-order valence-electron chi connectivity index (χ1n) is 9.31. The molecule has 4 rings (SSSR count). The molecule has 0 unspecified atom stereocenters. The molecule has 1 saturated heterocycles. The highest BCUT2D eigenvalue weighted by Crippen LogP contribution is 2.28. The van der Waals surface area contributed by atoms with E-state index >= 15 is 0 Å². The van der Waals surface area contributed by atoms with Gasteiger partial charge in [-0.15, -0.1) is 5.10 Å². The summed E-state index contributed by atoms with van der Waals surface area (Å²) < 4.78 is 7.89. The average Bonchev–Trinajstić information content (AvgIpc) is 3.29. The van der Waals surface area contributed by atoms with E-state index in [0.29, 0.717) is 6.54 Å². The monoisotopic (exact) mass is 415 g/mol. The molecule has 30 heavy (non-hydrogen) atoms. The summed E-state index contributed by atoms with van der Waals surface area (Å²) >= 11 is 0. The fraction of sp³-hybridized carbons (Fsp3) is 0.368. The number of aliphatic hydroxyl groups excluding tert-OH is 3. The molecule has 3 heterocycles. The lowest BCUT2D eigenvalue weighted by atomic mass is 10.1. The molecular weight excluding hydrogens is 394 g/mol. The van der Waals surface area contributed by atoms with Crippen molar-refractivity contribution in [3.8, 4) is 11.3 Å². The summed E-state index contributed by atoms with van der Waals surface area (Å²) in [6.07, 6.45) is -2.41. The van der Waals surface area contributed by atoms with E-state index in [1.165, 1.54) is 6.20 Å². The Morgan fingerprint density at radius 1 is 1.13 bits per heavy atom. The van der Waals surface area contributed by atoms with Gasteiger partial charge < -0.3 is 20.1 Å². The quantitative estimate of drug-likeness (QED) is 0.403. The summed E-state index contributed by atoms with van der Waals surface area (Å²) in [5, 5.41) is 37.4. The smallest absolute Gasteiger partial charge is 0.330 e. The molecule has 1 fully saturated rings. The predicted molar refractivity (Wildman–Crippen MR) is 104 cm³/mol. The summed E-state index contributed by atoms with van der Waals surface area (Å²) in [5.41, 5.74) is 0.904. The first-order valence-corrected chi connectivity index (χ1v) is 9.31. The SMILES string of the molecule is Cc1ccc(Cn2cc(-c3cn([C@@H]4O[C@H](CO)[C@@H](O)[C@H]4O)c(=O)[nH]c3=O)nn2)cc1. The molecule has 1 aromatic carbocycles. The van der Waals surface area contributed by atoms with Crippen LogP contribution in [0.2, 0.25) is 0 Å². The zero-order valence-electron chi connectivity index (χ0n) is 16.0. The largest absolute Gasteiger partial charge is 0.394 e. The third-order valence-corrected chi connectivity index (χ3v) is 5.04. The Labute approximate surface area is 169 Å². The molecule has 4 N–H and O–H groups in total. The van der Waals surface area contributed by atoms with Gasteiger partial charge in [-0.25, -0.2) is 9.48 Å². The van der Waals surface area contributed by atoms with Crippen LogP contribution in [-0.4, -0.2) is 64.8 Å². The van der Waals surface area contributed by atoms with Crippen LogP contribution in [0.15, 0.2) is 46.2 Å². The van der Waals surface area contributed by atoms with Crippen molar-refractivity contribution in [2.45, 2.75) is 38.0 Å². The topological polar surface area (TPSA) is 155 Å². The van der Waals surface area contributed by atoms with E-state index in [2.05, 4.69) is 15.3 Å². The van der Waals surface area contributed by atoms with Gasteiger partial charge in [0, 0.05) is 6.20 Å². The van der Waals surface area contributed by atoms with E-state index in [9.17, 15) is 24.9 Å². The van der Waals surface area contributed by atoms with Crippen LogP contribution in [0.4, 0.5) is 0 Å². The summed E-state index contributed by atoms with van der Waals surface area (Å²) in [6.45, 7) is 1.90. The Morgan fingerprint density at radius 3 is 2.53 bits per heavy atom. The van der Waals surface area contributed by atoms with Crippen LogP contribution >= 0.6 is 0 Å². The Balaban J connectivity index is 1.65. The van der Waals surface area contributed by atoms with Crippen molar-refractivity contribution in [3.05, 3.63) is 68.6 Å². The van der Waals surface area contributed by atoms with Gasteiger partial charge >= 0.3 is 5.69 Å². The van der Waals surface area contributed by atoms with E-state index < -0.39 is 42.4 Å². The number of aromatic nitrogens is 5. The first kappa shape index (κ1) is 20.2. The number of hydrogen-bond acceptors (Lipinski definition) is 8. The molecule has 0 aliphatic carbocycles. The summed E-state index contributed by atoms with van der Waals surface area (Å²) in [5.74, 6) is 0. The molecule has 11 heteroatoms. The fourth-order valence-corrected chi connectivity index (χ4v) is 3.35. The molecule has 0 bridgehead atoms. The van der Waals surface area contributed by atoms with Crippen LogP contribution < -0.4 is 11.2 Å². The number of rotatable bonds is 5. The number of aromatic amines is 1. The zero-order chi connectivity index (χ0) is 21.4. The molecule has 0 amide bonds. The molecule has 4 atom stereocenters. The van der Waals surface area contributed by atoms with Gasteiger partial charge in [-0.05, 0) is 12.5 Å². The second kappa shape index (κ2) is 7.95. The minimum Gasteiger partial charge on any atom is -0.394 e. The molecule has 11 nitrogen and oxygen atoms in total. The fourth-order valence-electron chi connectivity index (χ4n) is 3.35. The summed E-state index contributed by atoms with van der Waals surface area (Å²) in [7, 11) is 0. The van der Waals surface area contributed by atoms with Crippen LogP contribution in [0.1, 0.15) is 17.4 Å². The molecule has 2 aromatic heterocycles. The van der Waals surface area contributed by atoms with Crippen LogP contribution in [0.3, 0.4) is 0 Å². The maximum atomic E-state index is 12.3. The molecule has 0 saturated carbocycles. The number of nitrogens with zero attached hydrogens (tertiary/aromatic N) is 4. The van der Waals surface area contributed by atoms with Gasteiger partial charge in [-0.2, -0.15) is 0 Å². The molecular formula is C19H21N5O6. The number of H-pyrrole nitrogens is 1. The maximum Gasteiger partial charge on any atom is 0.330 e. The minimum atomic E-state index is -1.46. The normalized spacial score (nSPS) is 23.7. The van der Waals surface area contributed by atoms with E-state index in [-0.39, 0.29) is 11.3 Å². The van der Waals surface area contributed by atoms with Crippen molar-refractivity contribution < 1.29 is 20.1 Å². The van der Waals surface area contributed by atoms with Crippen LogP contribution in [0, 0.1) is 6.92 Å². The molecule has 3 aromatic rings. The minimum absolute atomic E-state index is 0.0440. The predicted octanol–water partition coefficient (Wildman–Crippen LogP) is -1.24. The number of aliphatic hydroxyl groups is 3. The highest BCUT2D eigenvalue weighted by atomic mass is 16.6. The first-order chi connectivity index (χ1) is 14.4. The van der Waals surface area contributed by atoms with Crippen molar-refractivity contribution in [2.24, 2.45) is 0 Å². The van der Waals surface area contributed by atoms with Gasteiger partial charge in [0.05, 0.1) is 24.9 Å². The van der Waals surface area contributed by atoms with E-state index in [4.69, 9.17) is 4.74 Å². The van der Waals surface area contributed by atoms with E-state index in [1.54, 1.807) is 10.9 Å². The lowest BCUT2D eigenvalue weighted by Gasteiger charge is -2.17. The third-order valence-electron chi connectivity index (χ3n) is 5.04. The van der Waals surface area contributed by atoms with Gasteiger partial charge in [-0.1, -0.05) is 35.0 Å². The molecule has 1 aliphatic heterocycles. The zero-order valence-corrected chi connectivity index (χ0v) is 16.0. The van der Waals surface area contributed by atoms with Crippen molar-refractivity contribution in [1.82, 2.24) is 24.5 Å². The maximum absolute atomic E-state index is 12.3. The van der Waals surface area contributed by atoms with Crippen molar-refractivity contribution in [2.75, 3.05) is 6.61 Å². The highest BCUT2D eigenvalue weighted by molar-refractivity contribution is 5.54. The van der Waals surface area contributed by atoms with Crippen molar-refractivity contribution in [3.63, 3.8) is 0 Å². The average molecular weight is 415 g/mol. The summed E-state index contributed by atoms with van der Waals surface area (Å²) in [6, 6.07) is 7.89. The highest BCUT2D eigenvalue weighted by Gasteiger charge is 2.43. The lowest BCUT2D eigenvalue weighted by Crippen LogP contribution is -2.38. The van der Waals surface area contributed by atoms with Gasteiger partial charge in [0.1, 0.15) is 24.0 Å². The number of hydrogen-bond donors (Lipinski definition) is 4. The van der Waals surface area contributed by atoms with Gasteiger partial charge in [-0.3, -0.25) is 14.3 Å². The molecule has 158 valence electrons. The molecule has 0 radical (unpaired) electrons. The molecule has 0 spiro atoms. The number of ether oxygens (including phenoxy) is 1. The second-order valence-corrected chi connectivity index (χ2v) is 7.23. The van der Waals surface area contributed by atoms with Crippen LogP contribution in [-0.2, 0) is 11.3 Å². The standard InChI is InChI=1S/C19H21N5O6/c1-10-2-4-11(5-3-10)6-23-8-13(21-22-23)12-7-24(19(29)20-17(12)28)18-16(27)15(26)14(9-25)30-18/h2-5,7-8,14-16,18,25-27H,6,9H2,1H3,(H,20,28,29)/t14-,15-,16-,18-/m1/s1. The third kappa shape index (κ3) is 3.71. The summed E-state index contributed by atoms with van der Waals surface area (Å²) in [4.78, 5) is 26.8. The van der Waals surface area contributed by atoms with E-state index in [1.807, 2.05) is 31.2 Å². The number of nitrogens with one attached hydrogen (secondary N) is 1. The number of aryl methyl sites for hydroxylation is 1. The number of benzene rings is 1. The van der Waals surface area contributed by atoms with E-state index in [0.717, 1.165) is 15.7 Å². The van der Waals surface area contributed by atoms with Crippen LogP contribution in [0.25, 0.3) is 11.3 Å². The lowest BCUT2D eigenvalue weighted by molar-refractivity contribution is -0.0549. The molecule has 1 aliphatic rings. The van der Waals surface area contributed by atoms with Gasteiger partial charge in [0.15, 0.2) is 6.23 Å². The van der Waals surface area contributed by atoms with Crippen molar-refractivity contribution in [1.29, 1.82) is 0 Å².